The van der Waals surface area contributed by atoms with E-state index in [0.717, 1.165) is 36.8 Å². The highest BCUT2D eigenvalue weighted by molar-refractivity contribution is 6.01. The molecular formula is C32H34N6O6. The Morgan fingerprint density at radius 2 is 1.86 bits per heavy atom. The van der Waals surface area contributed by atoms with Crippen molar-refractivity contribution in [1.82, 2.24) is 19.9 Å². The maximum atomic E-state index is 13.1. The first kappa shape index (κ1) is 29.1. The molecule has 3 amide bonds. The third-order valence-corrected chi connectivity index (χ3v) is 8.19. The number of hydrogen-bond acceptors (Lipinski definition) is 8. The summed E-state index contributed by atoms with van der Waals surface area (Å²) in [5, 5.41) is 19.8. The van der Waals surface area contributed by atoms with Gasteiger partial charge in [-0.1, -0.05) is 6.07 Å². The van der Waals surface area contributed by atoms with Crippen molar-refractivity contribution in [2.45, 2.75) is 57.3 Å². The van der Waals surface area contributed by atoms with Gasteiger partial charge < -0.3 is 30.9 Å². The lowest BCUT2D eigenvalue weighted by molar-refractivity contribution is -0.105. The largest absolute Gasteiger partial charge is 0.490 e. The van der Waals surface area contributed by atoms with Gasteiger partial charge in [0, 0.05) is 17.8 Å². The SMILES string of the molecule is CC(C)(O)COc1ccc2c(C(=O)NC3CC4(C3)CC(Oc3cc(-c5ccc(NC=O)nc5)ccc3C(N)=O)C4)cnn2c1. The Morgan fingerprint density at radius 3 is 2.55 bits per heavy atom. The summed E-state index contributed by atoms with van der Waals surface area (Å²) in [6, 6.07) is 12.3. The number of aromatic nitrogens is 3. The molecule has 5 N–H and O–H groups in total. The minimum atomic E-state index is -0.961. The van der Waals surface area contributed by atoms with E-state index in [0.29, 0.717) is 40.4 Å². The molecule has 1 spiro atoms. The van der Waals surface area contributed by atoms with Crippen molar-refractivity contribution in [1.29, 1.82) is 0 Å². The first-order chi connectivity index (χ1) is 21.0. The first-order valence-electron chi connectivity index (χ1n) is 14.4. The van der Waals surface area contributed by atoms with Gasteiger partial charge in [0.2, 0.25) is 6.41 Å². The number of rotatable bonds is 11. The quantitative estimate of drug-likeness (QED) is 0.191. The molecule has 0 radical (unpaired) electrons. The molecule has 0 aliphatic heterocycles. The smallest absolute Gasteiger partial charge is 0.255 e. The Kier molecular flexibility index (Phi) is 7.46. The van der Waals surface area contributed by atoms with Crippen LogP contribution in [-0.2, 0) is 4.79 Å². The number of amides is 3. The van der Waals surface area contributed by atoms with Crippen LogP contribution in [0, 0.1) is 5.41 Å². The van der Waals surface area contributed by atoms with Crippen molar-refractivity contribution in [3.8, 4) is 22.6 Å². The zero-order chi connectivity index (χ0) is 31.1. The molecule has 6 rings (SSSR count). The van der Waals surface area contributed by atoms with Gasteiger partial charge in [-0.3, -0.25) is 14.4 Å². The van der Waals surface area contributed by atoms with Gasteiger partial charge in [0.15, 0.2) is 0 Å². The second-order valence-corrected chi connectivity index (χ2v) is 12.4. The Bertz CT molecular complexity index is 1710. The summed E-state index contributed by atoms with van der Waals surface area (Å²) in [5.74, 6) is 0.665. The molecule has 1 aromatic carbocycles. The molecule has 4 aromatic rings. The fraction of sp³-hybridized carbons (Fsp3) is 0.344. The summed E-state index contributed by atoms with van der Waals surface area (Å²) in [4.78, 5) is 40.0. The number of nitrogens with one attached hydrogen (secondary N) is 2. The highest BCUT2D eigenvalue weighted by Gasteiger charge is 2.54. The van der Waals surface area contributed by atoms with Crippen molar-refractivity contribution < 1.29 is 29.0 Å². The number of benzene rings is 1. The molecule has 2 saturated carbocycles. The predicted molar refractivity (Wildman–Crippen MR) is 161 cm³/mol. The van der Waals surface area contributed by atoms with E-state index in [1.165, 1.54) is 0 Å². The molecule has 2 aliphatic carbocycles. The van der Waals surface area contributed by atoms with Crippen LogP contribution in [0.1, 0.15) is 60.2 Å². The maximum Gasteiger partial charge on any atom is 0.255 e. The van der Waals surface area contributed by atoms with Gasteiger partial charge in [-0.25, -0.2) is 9.50 Å². The van der Waals surface area contributed by atoms with Gasteiger partial charge in [0.25, 0.3) is 11.8 Å². The fourth-order valence-corrected chi connectivity index (χ4v) is 6.05. The first-order valence-corrected chi connectivity index (χ1v) is 14.4. The number of carbonyl (C=O) groups is 3. The molecule has 0 saturated heterocycles. The number of nitrogens with zero attached hydrogens (tertiary/aromatic N) is 3. The van der Waals surface area contributed by atoms with Crippen LogP contribution in [-0.4, -0.2) is 62.3 Å². The van der Waals surface area contributed by atoms with Crippen LogP contribution in [0.4, 0.5) is 5.82 Å². The average Bonchev–Trinajstić information content (AvgIpc) is 3.37. The summed E-state index contributed by atoms with van der Waals surface area (Å²) >= 11 is 0. The molecule has 0 unspecified atom stereocenters. The predicted octanol–water partition coefficient (Wildman–Crippen LogP) is 3.33. The van der Waals surface area contributed by atoms with Gasteiger partial charge in [-0.15, -0.1) is 0 Å². The van der Waals surface area contributed by atoms with Crippen molar-refractivity contribution in [3.05, 3.63) is 72.2 Å². The number of nitrogens with two attached hydrogens (primary N) is 1. The van der Waals surface area contributed by atoms with Crippen molar-refractivity contribution >= 4 is 29.6 Å². The molecule has 0 bridgehead atoms. The van der Waals surface area contributed by atoms with Crippen LogP contribution in [0.15, 0.2) is 61.1 Å². The molecule has 3 aromatic heterocycles. The molecule has 2 aliphatic rings. The fourth-order valence-electron chi connectivity index (χ4n) is 6.05. The van der Waals surface area contributed by atoms with E-state index in [2.05, 4.69) is 20.7 Å². The Balaban J connectivity index is 1.03. The third kappa shape index (κ3) is 6.06. The van der Waals surface area contributed by atoms with Crippen LogP contribution in [0.3, 0.4) is 0 Å². The molecule has 3 heterocycles. The van der Waals surface area contributed by atoms with Crippen LogP contribution < -0.4 is 25.8 Å². The van der Waals surface area contributed by atoms with E-state index in [1.54, 1.807) is 73.4 Å². The number of pyridine rings is 2. The lowest BCUT2D eigenvalue weighted by Gasteiger charge is -2.57. The lowest BCUT2D eigenvalue weighted by atomic mass is 9.53. The topological polar surface area (TPSA) is 170 Å². The summed E-state index contributed by atoms with van der Waals surface area (Å²) in [6.07, 6.45) is 8.70. The third-order valence-electron chi connectivity index (χ3n) is 8.19. The molecule has 0 atom stereocenters. The van der Waals surface area contributed by atoms with Crippen LogP contribution in [0.5, 0.6) is 11.5 Å². The number of anilines is 1. The zero-order valence-corrected chi connectivity index (χ0v) is 24.4. The molecule has 12 heteroatoms. The normalized spacial score (nSPS) is 20.8. The lowest BCUT2D eigenvalue weighted by Crippen LogP contribution is -2.58. The number of fused-ring (bicyclic) bond motifs is 1. The van der Waals surface area contributed by atoms with E-state index in [9.17, 15) is 19.5 Å². The van der Waals surface area contributed by atoms with Gasteiger partial charge >= 0.3 is 0 Å². The van der Waals surface area contributed by atoms with Crippen LogP contribution in [0.2, 0.25) is 0 Å². The highest BCUT2D eigenvalue weighted by Crippen LogP contribution is 2.57. The van der Waals surface area contributed by atoms with Gasteiger partial charge in [0.1, 0.15) is 23.9 Å². The standard InChI is InChI=1S/C32H34N6O6/c1-31(2,42)17-43-22-5-7-26-25(15-36-38(26)16-22)30(41)37-21-10-32(11-21)12-23(13-32)44-27-9-19(3-6-24(27)29(33)40)20-4-8-28(34-14-20)35-18-39/h3-9,14-16,18,21,23,42H,10-13,17H2,1-2H3,(H2,33,40)(H,37,41)(H,34,35,39). The highest BCUT2D eigenvalue weighted by atomic mass is 16.5. The van der Waals surface area contributed by atoms with E-state index in [4.69, 9.17) is 15.2 Å². The van der Waals surface area contributed by atoms with Crippen LogP contribution in [0.25, 0.3) is 16.6 Å². The number of primary amides is 1. The second-order valence-electron chi connectivity index (χ2n) is 12.4. The molecule has 44 heavy (non-hydrogen) atoms. The Morgan fingerprint density at radius 1 is 1.09 bits per heavy atom. The van der Waals surface area contributed by atoms with Gasteiger partial charge in [-0.05, 0) is 86.9 Å². The minimum Gasteiger partial charge on any atom is -0.490 e. The molecule has 2 fully saturated rings. The minimum absolute atomic E-state index is 0.0569. The number of ether oxygens (including phenoxy) is 2. The summed E-state index contributed by atoms with van der Waals surface area (Å²) < 4.78 is 13.5. The summed E-state index contributed by atoms with van der Waals surface area (Å²) in [5.41, 5.74) is 7.84. The van der Waals surface area contributed by atoms with Gasteiger partial charge in [0.05, 0.1) is 40.7 Å². The Labute approximate surface area is 253 Å². The van der Waals surface area contributed by atoms with Gasteiger partial charge in [-0.2, -0.15) is 5.10 Å². The Hall–Kier alpha value is -4.97. The average molecular weight is 599 g/mol. The van der Waals surface area contributed by atoms with E-state index in [-0.39, 0.29) is 30.1 Å². The summed E-state index contributed by atoms with van der Waals surface area (Å²) in [7, 11) is 0. The van der Waals surface area contributed by atoms with E-state index in [1.807, 2.05) is 6.07 Å². The number of carbonyl (C=O) groups excluding carboxylic acids is 3. The van der Waals surface area contributed by atoms with Crippen molar-refractivity contribution in [3.63, 3.8) is 0 Å². The number of aliphatic hydroxyl groups is 1. The van der Waals surface area contributed by atoms with Crippen molar-refractivity contribution in [2.75, 3.05) is 11.9 Å². The monoisotopic (exact) mass is 598 g/mol. The summed E-state index contributed by atoms with van der Waals surface area (Å²) in [6.45, 7) is 3.47. The van der Waals surface area contributed by atoms with E-state index < -0.39 is 11.5 Å². The number of hydrogen-bond donors (Lipinski definition) is 4. The van der Waals surface area contributed by atoms with E-state index >= 15 is 0 Å². The van der Waals surface area contributed by atoms with Crippen LogP contribution >= 0.6 is 0 Å². The second kappa shape index (κ2) is 11.3. The van der Waals surface area contributed by atoms with Crippen molar-refractivity contribution in [2.24, 2.45) is 11.1 Å². The molecular weight excluding hydrogens is 564 g/mol. The zero-order valence-electron chi connectivity index (χ0n) is 24.4. The maximum absolute atomic E-state index is 13.1. The molecule has 12 nitrogen and oxygen atoms in total. The molecule has 228 valence electrons.